The fraction of sp³-hybridized carbons (Fsp3) is 0.182. The average Bonchev–Trinajstić information content (AvgIpc) is 2.32. The van der Waals surface area contributed by atoms with E-state index in [-0.39, 0.29) is 5.97 Å². The molecule has 0 aliphatic carbocycles. The molecule has 0 bridgehead atoms. The van der Waals surface area contributed by atoms with E-state index in [1.807, 2.05) is 36.9 Å². The third-order valence-corrected chi connectivity index (χ3v) is 5.06. The van der Waals surface area contributed by atoms with Gasteiger partial charge in [-0.15, -0.1) is 6.58 Å². The van der Waals surface area contributed by atoms with Crippen LogP contribution in [0, 0.1) is 0 Å². The normalized spacial score (nSPS) is 12.9. The van der Waals surface area contributed by atoms with Crippen molar-refractivity contribution in [2.75, 3.05) is 0 Å². The number of benzene rings is 1. The second kappa shape index (κ2) is 7.43. The fourth-order valence-electron chi connectivity index (χ4n) is 1.29. The van der Waals surface area contributed by atoms with Gasteiger partial charge in [0.15, 0.2) is 0 Å². The highest BCUT2D eigenvalue weighted by Gasteiger charge is 2.30. The summed E-state index contributed by atoms with van der Waals surface area (Å²) in [6.07, 6.45) is 0. The predicted molar refractivity (Wildman–Crippen MR) is 75.4 cm³/mol. The predicted octanol–water partition coefficient (Wildman–Crippen LogP) is 1.26. The second-order valence-corrected chi connectivity index (χ2v) is 6.67. The van der Waals surface area contributed by atoms with Crippen LogP contribution in [0.25, 0.3) is 0 Å². The van der Waals surface area contributed by atoms with Crippen molar-refractivity contribution in [3.63, 3.8) is 0 Å². The van der Waals surface area contributed by atoms with Gasteiger partial charge < -0.3 is 4.43 Å². The molecule has 0 radical (unpaired) electrons. The third-order valence-electron chi connectivity index (χ3n) is 2.09. The van der Waals surface area contributed by atoms with Gasteiger partial charge in [0.1, 0.15) is 9.55 Å². The molecule has 0 heterocycles. The summed E-state index contributed by atoms with van der Waals surface area (Å²) < 4.78 is 5.35. The Morgan fingerprint density at radius 1 is 1.44 bits per heavy atom. The van der Waals surface area contributed by atoms with Gasteiger partial charge in [-0.25, -0.2) is 0 Å². The highest BCUT2D eigenvalue weighted by molar-refractivity contribution is 6.90. The van der Waals surface area contributed by atoms with E-state index in [4.69, 9.17) is 15.5 Å². The first-order chi connectivity index (χ1) is 7.58. The van der Waals surface area contributed by atoms with Gasteiger partial charge in [-0.3, -0.25) is 4.79 Å². The molecule has 0 saturated carbocycles. The molecule has 1 atom stereocenters. The molecule has 1 aromatic carbocycles. The van der Waals surface area contributed by atoms with Crippen molar-refractivity contribution in [3.05, 3.63) is 42.6 Å². The van der Waals surface area contributed by atoms with Crippen LogP contribution in [0.2, 0.25) is 6.55 Å². The van der Waals surface area contributed by atoms with Gasteiger partial charge in [-0.05, 0) is 11.7 Å². The molecule has 5 heteroatoms. The Bertz CT molecular complexity index is 343. The summed E-state index contributed by atoms with van der Waals surface area (Å²) >= 11 is 4.78. The van der Waals surface area contributed by atoms with Crippen LogP contribution in [0.5, 0.6) is 0 Å². The third kappa shape index (κ3) is 4.34. The molecular formula is C11H17ClO2Si2. The van der Waals surface area contributed by atoms with Crippen molar-refractivity contribution in [2.45, 2.75) is 13.5 Å². The van der Waals surface area contributed by atoms with E-state index in [0.29, 0.717) is 0 Å². The van der Waals surface area contributed by atoms with E-state index in [9.17, 15) is 4.79 Å². The van der Waals surface area contributed by atoms with Gasteiger partial charge in [0.2, 0.25) is 0 Å². The zero-order valence-electron chi connectivity index (χ0n) is 9.87. The number of carbonyl (C=O) groups excluding carboxylic acids is 1. The Kier molecular flexibility index (Phi) is 7.04. The molecule has 0 aliphatic rings. The maximum Gasteiger partial charge on any atom is 0.307 e. The van der Waals surface area contributed by atoms with Crippen LogP contribution in [0.1, 0.15) is 6.92 Å². The van der Waals surface area contributed by atoms with Crippen LogP contribution in [0.4, 0.5) is 0 Å². The monoisotopic (exact) mass is 272 g/mol. The van der Waals surface area contributed by atoms with Crippen LogP contribution >= 0.6 is 11.1 Å². The van der Waals surface area contributed by atoms with Gasteiger partial charge >= 0.3 is 8.32 Å². The lowest BCUT2D eigenvalue weighted by molar-refractivity contribution is -0.132. The standard InChI is InChI=1S/C11H14O2Si.ClH3Si/c1-4-14(3,13-10(2)12)11-8-6-5-7-9-11;1-2/h4-9H,1H2,2-3H3;2H3. The number of halogens is 1. The first kappa shape index (κ1) is 15.2. The summed E-state index contributed by atoms with van der Waals surface area (Å²) in [7, 11) is -1.47. The average molecular weight is 273 g/mol. The lowest BCUT2D eigenvalue weighted by Crippen LogP contribution is -2.47. The number of hydrogen-bond donors (Lipinski definition) is 0. The molecular weight excluding hydrogens is 256 g/mol. The van der Waals surface area contributed by atoms with E-state index >= 15 is 0 Å². The van der Waals surface area contributed by atoms with Crippen molar-refractivity contribution in [2.24, 2.45) is 0 Å². The molecule has 1 rings (SSSR count). The summed E-state index contributed by atoms with van der Waals surface area (Å²) in [6.45, 7) is 7.13. The lowest BCUT2D eigenvalue weighted by Gasteiger charge is -2.22. The SMILES string of the molecule is C=C[Si](C)(OC(C)=O)c1ccccc1.[SiH3]Cl. The molecule has 0 amide bonds. The number of carbonyl (C=O) groups is 1. The Labute approximate surface area is 106 Å². The van der Waals surface area contributed by atoms with Gasteiger partial charge in [0.05, 0.1) is 0 Å². The summed E-state index contributed by atoms with van der Waals surface area (Å²) in [5.41, 5.74) is 1.77. The molecule has 16 heavy (non-hydrogen) atoms. The Morgan fingerprint density at radius 2 is 1.94 bits per heavy atom. The quantitative estimate of drug-likeness (QED) is 0.612. The van der Waals surface area contributed by atoms with Crippen molar-refractivity contribution in [1.29, 1.82) is 0 Å². The zero-order valence-corrected chi connectivity index (χ0v) is 13.6. The minimum Gasteiger partial charge on any atom is -0.511 e. The molecule has 88 valence electrons. The molecule has 1 unspecified atom stereocenters. The van der Waals surface area contributed by atoms with Crippen LogP contribution in [-0.2, 0) is 9.22 Å². The summed E-state index contributed by atoms with van der Waals surface area (Å²) in [5, 5.41) is 1.06. The molecule has 1 aromatic rings. The van der Waals surface area contributed by atoms with Crippen molar-refractivity contribution < 1.29 is 9.22 Å². The van der Waals surface area contributed by atoms with Crippen LogP contribution in [0.3, 0.4) is 0 Å². The van der Waals surface area contributed by atoms with Crippen LogP contribution in [0.15, 0.2) is 42.6 Å². The second-order valence-electron chi connectivity index (χ2n) is 3.27. The van der Waals surface area contributed by atoms with Crippen molar-refractivity contribution in [3.8, 4) is 0 Å². The molecule has 0 N–H and O–H groups in total. The maximum absolute atomic E-state index is 11.0. The van der Waals surface area contributed by atoms with Crippen molar-refractivity contribution in [1.82, 2.24) is 0 Å². The van der Waals surface area contributed by atoms with Gasteiger partial charge in [0.25, 0.3) is 5.97 Å². The molecule has 2 nitrogen and oxygen atoms in total. The zero-order chi connectivity index (χ0) is 12.6. The van der Waals surface area contributed by atoms with E-state index in [1.54, 1.807) is 5.70 Å². The van der Waals surface area contributed by atoms with E-state index < -0.39 is 8.32 Å². The smallest absolute Gasteiger partial charge is 0.307 e. The Balaban J connectivity index is 0.00000106. The minimum absolute atomic E-state index is 0.247. The first-order valence-electron chi connectivity index (χ1n) is 4.85. The first-order valence-corrected chi connectivity index (χ1v) is 10.4. The maximum atomic E-state index is 11.0. The van der Waals surface area contributed by atoms with Crippen LogP contribution in [-0.4, -0.2) is 23.8 Å². The Hall–Kier alpha value is -0.846. The van der Waals surface area contributed by atoms with Gasteiger partial charge in [-0.2, -0.15) is 11.1 Å². The summed E-state index contributed by atoms with van der Waals surface area (Å²) in [4.78, 5) is 11.0. The topological polar surface area (TPSA) is 26.3 Å². The van der Waals surface area contributed by atoms with E-state index in [2.05, 4.69) is 6.58 Å². The number of rotatable bonds is 3. The van der Waals surface area contributed by atoms with Gasteiger partial charge in [0, 0.05) is 6.92 Å². The molecule has 0 aromatic heterocycles. The van der Waals surface area contributed by atoms with Gasteiger partial charge in [-0.1, -0.05) is 36.0 Å². The Morgan fingerprint density at radius 3 is 2.31 bits per heavy atom. The summed E-state index contributed by atoms with van der Waals surface area (Å²) in [6, 6.07) is 9.75. The highest BCUT2D eigenvalue weighted by atomic mass is 35.6. The minimum atomic E-state index is -2.25. The molecule has 0 saturated heterocycles. The van der Waals surface area contributed by atoms with Crippen molar-refractivity contribution >= 4 is 40.1 Å². The molecule has 0 fully saturated rings. The highest BCUT2D eigenvalue weighted by Crippen LogP contribution is 2.07. The largest absolute Gasteiger partial charge is 0.511 e. The lowest BCUT2D eigenvalue weighted by atomic mass is 10.4. The summed E-state index contributed by atoms with van der Waals surface area (Å²) in [5.74, 6) is -0.247. The fourth-order valence-corrected chi connectivity index (χ4v) is 3.17. The van der Waals surface area contributed by atoms with E-state index in [0.717, 1.165) is 14.7 Å². The molecule has 0 aliphatic heterocycles. The van der Waals surface area contributed by atoms with Crippen LogP contribution < -0.4 is 5.19 Å². The van der Waals surface area contributed by atoms with E-state index in [1.165, 1.54) is 6.92 Å². The number of hydrogen-bond acceptors (Lipinski definition) is 2. The molecule has 0 spiro atoms.